The molecule has 184 valence electrons. The van der Waals surface area contributed by atoms with Gasteiger partial charge in [-0.3, -0.25) is 0 Å². The highest BCUT2D eigenvalue weighted by Gasteiger charge is 2.21. The zero-order chi connectivity index (χ0) is 23.0. The van der Waals surface area contributed by atoms with Crippen LogP contribution in [0.25, 0.3) is 5.57 Å². The summed E-state index contributed by atoms with van der Waals surface area (Å²) in [7, 11) is 0. The van der Waals surface area contributed by atoms with E-state index in [4.69, 9.17) is 0 Å². The topological polar surface area (TPSA) is 31.5 Å². The van der Waals surface area contributed by atoms with E-state index in [0.29, 0.717) is 5.92 Å². The lowest BCUT2D eigenvalue weighted by molar-refractivity contribution is 0.559. The summed E-state index contributed by atoms with van der Waals surface area (Å²) in [5, 5.41) is 0. The van der Waals surface area contributed by atoms with Crippen molar-refractivity contribution >= 4 is 5.57 Å². The van der Waals surface area contributed by atoms with Gasteiger partial charge in [0.05, 0.1) is 0 Å². The van der Waals surface area contributed by atoms with Crippen molar-refractivity contribution in [2.45, 2.75) is 117 Å². The highest BCUT2D eigenvalue weighted by Crippen LogP contribution is 2.40. The van der Waals surface area contributed by atoms with Crippen LogP contribution < -0.4 is 0 Å². The van der Waals surface area contributed by atoms with E-state index in [1.807, 2.05) is 6.08 Å². The van der Waals surface area contributed by atoms with Crippen molar-refractivity contribution in [2.75, 3.05) is 0 Å². The summed E-state index contributed by atoms with van der Waals surface area (Å²) >= 11 is 0. The highest BCUT2D eigenvalue weighted by molar-refractivity contribution is 5.75. The molecule has 2 N–H and O–H groups in total. The van der Waals surface area contributed by atoms with Crippen LogP contribution in [0.4, 0.5) is 0 Å². The van der Waals surface area contributed by atoms with Gasteiger partial charge in [0, 0.05) is 5.92 Å². The van der Waals surface area contributed by atoms with Crippen molar-refractivity contribution in [3.63, 3.8) is 0 Å². The Kier molecular flexibility index (Phi) is 15.6. The molecule has 1 heteroatoms. The average Bonchev–Trinajstić information content (AvgIpc) is 3.15. The molecule has 1 nitrogen and oxygen atoms in total. The lowest BCUT2D eigenvalue weighted by Gasteiger charge is -2.10. The van der Waals surface area contributed by atoms with Crippen molar-refractivity contribution in [2.24, 2.45) is 0 Å². The number of benzene rings is 1. The molecule has 0 radical (unpaired) electrons. The smallest absolute Gasteiger partial charge is 0.00301 e. The molecule has 0 amide bonds. The fraction of sp³-hybridized carbons (Fsp3) is 0.562. The van der Waals surface area contributed by atoms with Gasteiger partial charge in [-0.25, -0.2) is 0 Å². The predicted molar refractivity (Wildman–Crippen MR) is 149 cm³/mol. The number of allylic oxidation sites excluding steroid dienone is 7. The van der Waals surface area contributed by atoms with Crippen LogP contribution in [0.2, 0.25) is 0 Å². The first-order valence-corrected chi connectivity index (χ1v) is 13.4. The first kappa shape index (κ1) is 29.2. The zero-order valence-electron chi connectivity index (χ0n) is 21.8. The molecular formula is C32H50O. The Bertz CT molecular complexity index is 764. The SMILES string of the molecule is C=CCC1=CC(CCCCCCCCC/C=C(/CC)C/C(C)=C\CCC)c2ccccc21.O. The molecule has 0 aliphatic heterocycles. The van der Waals surface area contributed by atoms with Crippen molar-refractivity contribution in [3.05, 3.63) is 77.4 Å². The van der Waals surface area contributed by atoms with Crippen molar-refractivity contribution < 1.29 is 5.48 Å². The lowest BCUT2D eigenvalue weighted by atomic mass is 9.94. The lowest BCUT2D eigenvalue weighted by Crippen LogP contribution is -1.93. The zero-order valence-corrected chi connectivity index (χ0v) is 21.8. The van der Waals surface area contributed by atoms with Gasteiger partial charge in [-0.05, 0) is 68.6 Å². The Morgan fingerprint density at radius 2 is 1.61 bits per heavy atom. The van der Waals surface area contributed by atoms with Crippen LogP contribution in [-0.4, -0.2) is 5.48 Å². The summed E-state index contributed by atoms with van der Waals surface area (Å²) in [6.07, 6.45) is 27.6. The number of fused-ring (bicyclic) bond motifs is 1. The van der Waals surface area contributed by atoms with Gasteiger partial charge < -0.3 is 5.48 Å². The normalized spacial score (nSPS) is 15.7. The summed E-state index contributed by atoms with van der Waals surface area (Å²) < 4.78 is 0. The molecule has 1 unspecified atom stereocenters. The van der Waals surface area contributed by atoms with E-state index < -0.39 is 0 Å². The van der Waals surface area contributed by atoms with Crippen LogP contribution in [-0.2, 0) is 0 Å². The van der Waals surface area contributed by atoms with Gasteiger partial charge in [0.1, 0.15) is 0 Å². The van der Waals surface area contributed by atoms with E-state index in [2.05, 4.69) is 69.8 Å². The third-order valence-electron chi connectivity index (χ3n) is 6.87. The van der Waals surface area contributed by atoms with Crippen LogP contribution >= 0.6 is 0 Å². The molecule has 1 atom stereocenters. The second-order valence-electron chi connectivity index (χ2n) is 9.66. The Balaban J connectivity index is 0.00000544. The van der Waals surface area contributed by atoms with Crippen LogP contribution in [0.3, 0.4) is 0 Å². The van der Waals surface area contributed by atoms with E-state index in [0.717, 1.165) is 6.42 Å². The molecule has 0 fully saturated rings. The van der Waals surface area contributed by atoms with Crippen molar-refractivity contribution in [1.29, 1.82) is 0 Å². The van der Waals surface area contributed by atoms with Crippen LogP contribution in [0, 0.1) is 0 Å². The minimum atomic E-state index is 0. The number of rotatable bonds is 17. The van der Waals surface area contributed by atoms with E-state index >= 15 is 0 Å². The van der Waals surface area contributed by atoms with E-state index in [-0.39, 0.29) is 5.48 Å². The maximum absolute atomic E-state index is 3.93. The van der Waals surface area contributed by atoms with E-state index in [1.165, 1.54) is 94.6 Å². The van der Waals surface area contributed by atoms with Gasteiger partial charge in [-0.2, -0.15) is 0 Å². The summed E-state index contributed by atoms with van der Waals surface area (Å²) in [6, 6.07) is 8.98. The average molecular weight is 451 g/mol. The summed E-state index contributed by atoms with van der Waals surface area (Å²) in [5.41, 5.74) is 7.67. The van der Waals surface area contributed by atoms with E-state index in [1.54, 1.807) is 16.7 Å². The molecule has 0 saturated heterocycles. The first-order chi connectivity index (χ1) is 15.7. The monoisotopic (exact) mass is 450 g/mol. The third kappa shape index (κ3) is 10.7. The Hall–Kier alpha value is -1.86. The number of unbranched alkanes of at least 4 members (excludes halogenated alkanes) is 8. The molecule has 0 bridgehead atoms. The Labute approximate surface area is 205 Å². The van der Waals surface area contributed by atoms with Crippen molar-refractivity contribution in [1.82, 2.24) is 0 Å². The van der Waals surface area contributed by atoms with Gasteiger partial charge in [0.15, 0.2) is 0 Å². The standard InChI is InChI=1S/C32H48.H2O/c1-5-8-20-27(4)25-28(7-3)21-15-13-11-9-10-12-14-16-22-30-26-29(19-6-2)31-23-17-18-24-32(30)31;/h6,17-18,20-21,23-24,26,30H,2,5,7-16,19,22,25H2,1,3-4H3;1H2/b27-20-,28-21-;. The van der Waals surface area contributed by atoms with Gasteiger partial charge >= 0.3 is 0 Å². The fourth-order valence-corrected chi connectivity index (χ4v) is 4.97. The van der Waals surface area contributed by atoms with Crippen LogP contribution in [0.5, 0.6) is 0 Å². The Morgan fingerprint density at radius 1 is 0.909 bits per heavy atom. The van der Waals surface area contributed by atoms with Gasteiger partial charge in [-0.15, -0.1) is 6.58 Å². The Morgan fingerprint density at radius 3 is 2.30 bits per heavy atom. The molecular weight excluding hydrogens is 400 g/mol. The molecule has 33 heavy (non-hydrogen) atoms. The number of hydrogen-bond donors (Lipinski definition) is 0. The highest BCUT2D eigenvalue weighted by atomic mass is 16.0. The maximum atomic E-state index is 3.93. The summed E-state index contributed by atoms with van der Waals surface area (Å²) in [4.78, 5) is 0. The molecule has 1 aromatic rings. The molecule has 0 heterocycles. The van der Waals surface area contributed by atoms with E-state index in [9.17, 15) is 0 Å². The molecule has 1 aliphatic rings. The van der Waals surface area contributed by atoms with Crippen LogP contribution in [0.1, 0.15) is 128 Å². The molecule has 0 saturated carbocycles. The van der Waals surface area contributed by atoms with Gasteiger partial charge in [0.25, 0.3) is 0 Å². The van der Waals surface area contributed by atoms with Crippen LogP contribution in [0.15, 0.2) is 66.3 Å². The molecule has 0 aromatic heterocycles. The summed E-state index contributed by atoms with van der Waals surface area (Å²) in [6.45, 7) is 10.8. The molecule has 1 aromatic carbocycles. The van der Waals surface area contributed by atoms with Gasteiger partial charge in [0.2, 0.25) is 0 Å². The maximum Gasteiger partial charge on any atom is 0.00301 e. The second kappa shape index (κ2) is 17.6. The quantitative estimate of drug-likeness (QED) is 0.167. The summed E-state index contributed by atoms with van der Waals surface area (Å²) in [5.74, 6) is 0.626. The molecule has 0 spiro atoms. The minimum Gasteiger partial charge on any atom is -0.412 e. The first-order valence-electron chi connectivity index (χ1n) is 13.4. The fourth-order valence-electron chi connectivity index (χ4n) is 4.97. The van der Waals surface area contributed by atoms with Gasteiger partial charge in [-0.1, -0.05) is 119 Å². The molecule has 1 aliphatic carbocycles. The number of hydrogen-bond acceptors (Lipinski definition) is 0. The molecule has 2 rings (SSSR count). The predicted octanol–water partition coefficient (Wildman–Crippen LogP) is 9.90. The third-order valence-corrected chi connectivity index (χ3v) is 6.87. The minimum absolute atomic E-state index is 0. The second-order valence-corrected chi connectivity index (χ2v) is 9.66. The van der Waals surface area contributed by atoms with Crippen molar-refractivity contribution in [3.8, 4) is 0 Å². The largest absolute Gasteiger partial charge is 0.412 e.